The fourth-order valence-electron chi connectivity index (χ4n) is 1.87. The first kappa shape index (κ1) is 15.4. The van der Waals surface area contributed by atoms with Crippen molar-refractivity contribution in [2.45, 2.75) is 0 Å². The highest BCUT2D eigenvalue weighted by Crippen LogP contribution is 2.23. The number of methoxy groups -OCH3 is 2. The average Bonchev–Trinajstić information content (AvgIpc) is 2.55. The standard InChI is InChI=1S/C16H17N3O3/c1-21-14-9-8-12(15(10-14)22-2)11-18-19(16(17)20)13-6-4-3-5-7-13/h3-11H,1-2H3,(H2,17,20). The lowest BCUT2D eigenvalue weighted by Gasteiger charge is -2.14. The first-order chi connectivity index (χ1) is 10.7. The van der Waals surface area contributed by atoms with E-state index in [1.807, 2.05) is 6.07 Å². The highest BCUT2D eigenvalue weighted by atomic mass is 16.5. The van der Waals surface area contributed by atoms with Gasteiger partial charge in [-0.2, -0.15) is 10.1 Å². The highest BCUT2D eigenvalue weighted by molar-refractivity contribution is 5.93. The van der Waals surface area contributed by atoms with Crippen molar-refractivity contribution >= 4 is 17.9 Å². The van der Waals surface area contributed by atoms with E-state index in [1.165, 1.54) is 6.21 Å². The number of anilines is 1. The van der Waals surface area contributed by atoms with E-state index < -0.39 is 6.03 Å². The molecule has 0 unspecified atom stereocenters. The van der Waals surface area contributed by atoms with Crippen LogP contribution < -0.4 is 20.2 Å². The number of carbonyl (C=O) groups is 1. The Morgan fingerprint density at radius 2 is 1.86 bits per heavy atom. The van der Waals surface area contributed by atoms with Gasteiger partial charge in [0.1, 0.15) is 11.5 Å². The van der Waals surface area contributed by atoms with E-state index in [2.05, 4.69) is 5.10 Å². The SMILES string of the molecule is COc1ccc(C=NN(C(N)=O)c2ccccc2)c(OC)c1. The lowest BCUT2D eigenvalue weighted by molar-refractivity contribution is 0.254. The smallest absolute Gasteiger partial charge is 0.340 e. The monoisotopic (exact) mass is 299 g/mol. The third-order valence-electron chi connectivity index (χ3n) is 2.96. The van der Waals surface area contributed by atoms with Crippen LogP contribution in [0.25, 0.3) is 0 Å². The van der Waals surface area contributed by atoms with Crippen molar-refractivity contribution in [1.82, 2.24) is 0 Å². The molecule has 2 aromatic carbocycles. The maximum absolute atomic E-state index is 11.6. The summed E-state index contributed by atoms with van der Waals surface area (Å²) < 4.78 is 10.4. The minimum atomic E-state index is -0.671. The Kier molecular flexibility index (Phi) is 4.98. The number of primary amides is 1. The molecule has 0 fully saturated rings. The van der Waals surface area contributed by atoms with Crippen LogP contribution in [0.4, 0.5) is 10.5 Å². The summed E-state index contributed by atoms with van der Waals surface area (Å²) in [7, 11) is 3.13. The lowest BCUT2D eigenvalue weighted by Crippen LogP contribution is -2.31. The first-order valence-electron chi connectivity index (χ1n) is 6.56. The van der Waals surface area contributed by atoms with Crippen molar-refractivity contribution in [2.75, 3.05) is 19.2 Å². The molecule has 0 aromatic heterocycles. The van der Waals surface area contributed by atoms with Gasteiger partial charge in [0.05, 0.1) is 26.1 Å². The molecule has 2 amide bonds. The molecule has 6 heteroatoms. The van der Waals surface area contributed by atoms with Gasteiger partial charge in [0.25, 0.3) is 0 Å². The molecule has 0 aliphatic rings. The first-order valence-corrected chi connectivity index (χ1v) is 6.56. The van der Waals surface area contributed by atoms with E-state index in [0.717, 1.165) is 5.01 Å². The molecule has 0 heterocycles. The predicted octanol–water partition coefficient (Wildman–Crippen LogP) is 2.62. The molecule has 0 atom stereocenters. The predicted molar refractivity (Wildman–Crippen MR) is 85.6 cm³/mol. The maximum Gasteiger partial charge on any atom is 0.340 e. The Morgan fingerprint density at radius 3 is 2.45 bits per heavy atom. The Labute approximate surface area is 128 Å². The number of hydrogen-bond acceptors (Lipinski definition) is 4. The lowest BCUT2D eigenvalue weighted by atomic mass is 10.2. The van der Waals surface area contributed by atoms with Crippen LogP contribution in [-0.4, -0.2) is 26.5 Å². The van der Waals surface area contributed by atoms with Crippen molar-refractivity contribution in [1.29, 1.82) is 0 Å². The van der Waals surface area contributed by atoms with E-state index in [4.69, 9.17) is 15.2 Å². The van der Waals surface area contributed by atoms with Crippen LogP contribution in [-0.2, 0) is 0 Å². The van der Waals surface area contributed by atoms with Crippen LogP contribution >= 0.6 is 0 Å². The summed E-state index contributed by atoms with van der Waals surface area (Å²) in [6, 6.07) is 13.6. The zero-order valence-corrected chi connectivity index (χ0v) is 12.4. The molecule has 0 spiro atoms. The van der Waals surface area contributed by atoms with Gasteiger partial charge in [0.15, 0.2) is 0 Å². The van der Waals surface area contributed by atoms with Crippen LogP contribution in [0.5, 0.6) is 11.5 Å². The van der Waals surface area contributed by atoms with Crippen LogP contribution in [0.15, 0.2) is 53.6 Å². The summed E-state index contributed by atoms with van der Waals surface area (Å²) in [5.74, 6) is 1.25. The summed E-state index contributed by atoms with van der Waals surface area (Å²) in [6.07, 6.45) is 1.51. The number of amides is 2. The van der Waals surface area contributed by atoms with Gasteiger partial charge in [-0.15, -0.1) is 0 Å². The molecule has 0 saturated heterocycles. The number of rotatable bonds is 5. The van der Waals surface area contributed by atoms with Crippen molar-refractivity contribution < 1.29 is 14.3 Å². The Hall–Kier alpha value is -3.02. The molecule has 0 aliphatic carbocycles. The van der Waals surface area contributed by atoms with Crippen molar-refractivity contribution in [3.63, 3.8) is 0 Å². The second-order valence-corrected chi connectivity index (χ2v) is 4.34. The molecule has 0 bridgehead atoms. The van der Waals surface area contributed by atoms with Crippen LogP contribution in [0.1, 0.15) is 5.56 Å². The van der Waals surface area contributed by atoms with Gasteiger partial charge in [-0.05, 0) is 24.3 Å². The molecule has 2 aromatic rings. The average molecular weight is 299 g/mol. The van der Waals surface area contributed by atoms with Crippen LogP contribution in [0.2, 0.25) is 0 Å². The van der Waals surface area contributed by atoms with Gasteiger partial charge >= 0.3 is 6.03 Å². The summed E-state index contributed by atoms with van der Waals surface area (Å²) in [4.78, 5) is 11.6. The number of hydrogen-bond donors (Lipinski definition) is 1. The third-order valence-corrected chi connectivity index (χ3v) is 2.96. The van der Waals surface area contributed by atoms with E-state index in [1.54, 1.807) is 56.7 Å². The summed E-state index contributed by atoms with van der Waals surface area (Å²) in [5.41, 5.74) is 6.65. The summed E-state index contributed by atoms with van der Waals surface area (Å²) >= 11 is 0. The second kappa shape index (κ2) is 7.12. The largest absolute Gasteiger partial charge is 0.497 e. The fraction of sp³-hybridized carbons (Fsp3) is 0.125. The molecule has 0 aliphatic heterocycles. The summed E-state index contributed by atoms with van der Waals surface area (Å²) in [6.45, 7) is 0. The van der Waals surface area contributed by atoms with Gasteiger partial charge in [0, 0.05) is 11.6 Å². The Bertz CT molecular complexity index is 672. The molecule has 0 saturated carbocycles. The molecule has 2 rings (SSSR count). The number of para-hydroxylation sites is 1. The molecule has 114 valence electrons. The van der Waals surface area contributed by atoms with E-state index >= 15 is 0 Å². The third kappa shape index (κ3) is 3.54. The van der Waals surface area contributed by atoms with E-state index in [0.29, 0.717) is 22.7 Å². The zero-order valence-electron chi connectivity index (χ0n) is 12.4. The number of nitrogens with zero attached hydrogens (tertiary/aromatic N) is 2. The molecule has 0 radical (unpaired) electrons. The van der Waals surface area contributed by atoms with Gasteiger partial charge in [-0.3, -0.25) is 0 Å². The minimum Gasteiger partial charge on any atom is -0.497 e. The van der Waals surface area contributed by atoms with Gasteiger partial charge in [0.2, 0.25) is 0 Å². The quantitative estimate of drug-likeness (QED) is 0.681. The van der Waals surface area contributed by atoms with Crippen molar-refractivity contribution in [3.05, 3.63) is 54.1 Å². The topological polar surface area (TPSA) is 77.1 Å². The van der Waals surface area contributed by atoms with E-state index in [-0.39, 0.29) is 0 Å². The number of urea groups is 1. The van der Waals surface area contributed by atoms with Gasteiger partial charge in [-0.1, -0.05) is 18.2 Å². The van der Waals surface area contributed by atoms with Crippen molar-refractivity contribution in [2.24, 2.45) is 10.8 Å². The van der Waals surface area contributed by atoms with Gasteiger partial charge in [-0.25, -0.2) is 4.79 Å². The van der Waals surface area contributed by atoms with Gasteiger partial charge < -0.3 is 15.2 Å². The summed E-state index contributed by atoms with van der Waals surface area (Å²) in [5, 5.41) is 5.26. The van der Waals surface area contributed by atoms with E-state index in [9.17, 15) is 4.79 Å². The fourth-order valence-corrected chi connectivity index (χ4v) is 1.87. The number of hydrazone groups is 1. The Morgan fingerprint density at radius 1 is 1.14 bits per heavy atom. The maximum atomic E-state index is 11.6. The number of nitrogens with two attached hydrogens (primary N) is 1. The minimum absolute atomic E-state index is 0.582. The van der Waals surface area contributed by atoms with Crippen LogP contribution in [0, 0.1) is 0 Å². The molecule has 2 N–H and O–H groups in total. The normalized spacial score (nSPS) is 10.5. The number of ether oxygens (including phenoxy) is 2. The molecular weight excluding hydrogens is 282 g/mol. The molecule has 22 heavy (non-hydrogen) atoms. The zero-order chi connectivity index (χ0) is 15.9. The van der Waals surface area contributed by atoms with Crippen molar-refractivity contribution in [3.8, 4) is 11.5 Å². The molecule has 6 nitrogen and oxygen atoms in total. The molecular formula is C16H17N3O3. The highest BCUT2D eigenvalue weighted by Gasteiger charge is 2.10. The number of carbonyl (C=O) groups excluding carboxylic acids is 1. The van der Waals surface area contributed by atoms with Crippen LogP contribution in [0.3, 0.4) is 0 Å². The second-order valence-electron chi connectivity index (χ2n) is 4.34. The Balaban J connectivity index is 2.31. The number of benzene rings is 2.